The Hall–Kier alpha value is -0.610. The third kappa shape index (κ3) is 1.91. The van der Waals surface area contributed by atoms with Gasteiger partial charge in [-0.3, -0.25) is 9.69 Å². The lowest BCUT2D eigenvalue weighted by Gasteiger charge is -2.43. The van der Waals surface area contributed by atoms with Gasteiger partial charge in [0.25, 0.3) is 0 Å². The van der Waals surface area contributed by atoms with E-state index in [-0.39, 0.29) is 5.92 Å². The third-order valence-corrected chi connectivity index (χ3v) is 3.33. The third-order valence-electron chi connectivity index (χ3n) is 3.33. The van der Waals surface area contributed by atoms with Crippen LogP contribution in [0.1, 0.15) is 20.8 Å². The minimum atomic E-state index is -0.720. The number of hydrogen-bond acceptors (Lipinski definition) is 3. The van der Waals surface area contributed by atoms with Crippen molar-refractivity contribution in [1.29, 1.82) is 0 Å². The summed E-state index contributed by atoms with van der Waals surface area (Å²) in [5.41, 5.74) is -0.720. The molecule has 0 radical (unpaired) electrons. The number of hydrogen-bond donors (Lipinski definition) is 2. The first-order valence-corrected chi connectivity index (χ1v) is 5.18. The number of rotatable bonds is 3. The number of nitrogens with zero attached hydrogens (tertiary/aromatic N) is 1. The molecule has 4 heteroatoms. The molecular formula is C10H20N2O2. The highest BCUT2D eigenvalue weighted by Gasteiger charge is 2.42. The Morgan fingerprint density at radius 3 is 2.29 bits per heavy atom. The average Bonchev–Trinajstić information content (AvgIpc) is 2.17. The van der Waals surface area contributed by atoms with Gasteiger partial charge < -0.3 is 10.4 Å². The first-order chi connectivity index (χ1) is 6.49. The molecule has 1 saturated heterocycles. The van der Waals surface area contributed by atoms with Gasteiger partial charge in [-0.2, -0.15) is 0 Å². The lowest BCUT2D eigenvalue weighted by atomic mass is 9.86. The van der Waals surface area contributed by atoms with E-state index in [2.05, 4.69) is 10.2 Å². The van der Waals surface area contributed by atoms with Crippen LogP contribution in [0.15, 0.2) is 0 Å². The molecule has 1 fully saturated rings. The predicted octanol–water partition coefficient (Wildman–Crippen LogP) is 0.391. The number of nitrogens with one attached hydrogen (secondary N) is 1. The van der Waals surface area contributed by atoms with E-state index in [9.17, 15) is 9.90 Å². The summed E-state index contributed by atoms with van der Waals surface area (Å²) < 4.78 is 0. The Bertz CT molecular complexity index is 212. The fourth-order valence-electron chi connectivity index (χ4n) is 1.88. The monoisotopic (exact) mass is 200 g/mol. The van der Waals surface area contributed by atoms with Gasteiger partial charge in [0.2, 0.25) is 0 Å². The molecule has 2 N–H and O–H groups in total. The topological polar surface area (TPSA) is 52.6 Å². The zero-order chi connectivity index (χ0) is 10.8. The van der Waals surface area contributed by atoms with Crippen molar-refractivity contribution in [2.75, 3.05) is 26.2 Å². The molecule has 0 saturated carbocycles. The molecule has 0 aliphatic carbocycles. The highest BCUT2D eigenvalue weighted by Crippen LogP contribution is 2.25. The molecule has 0 bridgehead atoms. The van der Waals surface area contributed by atoms with Gasteiger partial charge in [-0.1, -0.05) is 13.8 Å². The summed E-state index contributed by atoms with van der Waals surface area (Å²) in [6.07, 6.45) is 0. The summed E-state index contributed by atoms with van der Waals surface area (Å²) in [7, 11) is 0. The zero-order valence-electron chi connectivity index (χ0n) is 9.21. The fraction of sp³-hybridized carbons (Fsp3) is 0.900. The Balaban J connectivity index is 2.80. The largest absolute Gasteiger partial charge is 0.480 e. The molecule has 1 atom stereocenters. The number of carbonyl (C=O) groups is 1. The van der Waals surface area contributed by atoms with Gasteiger partial charge >= 0.3 is 5.97 Å². The molecule has 82 valence electrons. The van der Waals surface area contributed by atoms with Crippen molar-refractivity contribution in [3.63, 3.8) is 0 Å². The van der Waals surface area contributed by atoms with Crippen molar-refractivity contribution in [3.8, 4) is 0 Å². The summed E-state index contributed by atoms with van der Waals surface area (Å²) >= 11 is 0. The van der Waals surface area contributed by atoms with Gasteiger partial charge in [0, 0.05) is 26.2 Å². The van der Waals surface area contributed by atoms with Gasteiger partial charge in [0.15, 0.2) is 0 Å². The van der Waals surface area contributed by atoms with Crippen molar-refractivity contribution < 1.29 is 9.90 Å². The van der Waals surface area contributed by atoms with E-state index in [1.54, 1.807) is 0 Å². The van der Waals surface area contributed by atoms with E-state index >= 15 is 0 Å². The zero-order valence-corrected chi connectivity index (χ0v) is 9.21. The molecule has 0 amide bonds. The summed E-state index contributed by atoms with van der Waals surface area (Å²) in [4.78, 5) is 13.4. The van der Waals surface area contributed by atoms with Crippen LogP contribution in [0.5, 0.6) is 0 Å². The lowest BCUT2D eigenvalue weighted by molar-refractivity contribution is -0.154. The summed E-state index contributed by atoms with van der Waals surface area (Å²) in [6.45, 7) is 9.17. The first-order valence-electron chi connectivity index (χ1n) is 5.18. The standard InChI is InChI=1S/C10H20N2O2/c1-8(2)10(3,9(13)14)12-6-4-11-5-7-12/h8,11H,4-7H2,1-3H3,(H,13,14). The molecule has 1 aliphatic rings. The molecule has 0 aromatic carbocycles. The smallest absolute Gasteiger partial charge is 0.324 e. The van der Waals surface area contributed by atoms with Gasteiger partial charge in [0.1, 0.15) is 5.54 Å². The Labute approximate surface area is 85.3 Å². The van der Waals surface area contributed by atoms with Crippen molar-refractivity contribution in [2.45, 2.75) is 26.3 Å². The Morgan fingerprint density at radius 2 is 1.93 bits per heavy atom. The van der Waals surface area contributed by atoms with Crippen LogP contribution in [-0.4, -0.2) is 47.7 Å². The van der Waals surface area contributed by atoms with E-state index in [0.717, 1.165) is 26.2 Å². The van der Waals surface area contributed by atoms with Crippen LogP contribution >= 0.6 is 0 Å². The van der Waals surface area contributed by atoms with E-state index in [0.29, 0.717) is 0 Å². The molecule has 0 aromatic heterocycles. The van der Waals surface area contributed by atoms with Crippen molar-refractivity contribution in [2.24, 2.45) is 5.92 Å². The van der Waals surface area contributed by atoms with E-state index in [1.165, 1.54) is 0 Å². The number of carboxylic acid groups (broad SMARTS) is 1. The van der Waals surface area contributed by atoms with E-state index in [4.69, 9.17) is 0 Å². The van der Waals surface area contributed by atoms with Crippen LogP contribution in [0.4, 0.5) is 0 Å². The molecule has 1 heterocycles. The highest BCUT2D eigenvalue weighted by atomic mass is 16.4. The minimum Gasteiger partial charge on any atom is -0.480 e. The SMILES string of the molecule is CC(C)C(C)(C(=O)O)N1CCNCC1. The number of aliphatic carboxylic acids is 1. The molecule has 1 aliphatic heterocycles. The number of piperazine rings is 1. The molecule has 0 spiro atoms. The number of carboxylic acids is 1. The van der Waals surface area contributed by atoms with Crippen molar-refractivity contribution in [1.82, 2.24) is 10.2 Å². The second-order valence-electron chi connectivity index (χ2n) is 4.34. The summed E-state index contributed by atoms with van der Waals surface area (Å²) in [5.74, 6) is -0.590. The van der Waals surface area contributed by atoms with E-state index < -0.39 is 11.5 Å². The highest BCUT2D eigenvalue weighted by molar-refractivity contribution is 5.78. The average molecular weight is 200 g/mol. The second kappa shape index (κ2) is 4.28. The van der Waals surface area contributed by atoms with Crippen LogP contribution < -0.4 is 5.32 Å². The van der Waals surface area contributed by atoms with Gasteiger partial charge in [-0.15, -0.1) is 0 Å². The molecule has 1 unspecified atom stereocenters. The van der Waals surface area contributed by atoms with Gasteiger partial charge in [0.05, 0.1) is 0 Å². The maximum absolute atomic E-state index is 11.3. The summed E-state index contributed by atoms with van der Waals surface area (Å²) in [5, 5.41) is 12.5. The van der Waals surface area contributed by atoms with Gasteiger partial charge in [-0.05, 0) is 12.8 Å². The quantitative estimate of drug-likeness (QED) is 0.692. The van der Waals surface area contributed by atoms with Crippen molar-refractivity contribution in [3.05, 3.63) is 0 Å². The van der Waals surface area contributed by atoms with Crippen LogP contribution in [0, 0.1) is 5.92 Å². The van der Waals surface area contributed by atoms with E-state index in [1.807, 2.05) is 20.8 Å². The van der Waals surface area contributed by atoms with Gasteiger partial charge in [-0.25, -0.2) is 0 Å². The van der Waals surface area contributed by atoms with Crippen LogP contribution in [0.2, 0.25) is 0 Å². The Kier molecular flexibility index (Phi) is 3.50. The van der Waals surface area contributed by atoms with Crippen LogP contribution in [0.25, 0.3) is 0 Å². The lowest BCUT2D eigenvalue weighted by Crippen LogP contribution is -2.61. The maximum Gasteiger partial charge on any atom is 0.324 e. The molecule has 4 nitrogen and oxygen atoms in total. The second-order valence-corrected chi connectivity index (χ2v) is 4.34. The Morgan fingerprint density at radius 1 is 1.43 bits per heavy atom. The molecule has 14 heavy (non-hydrogen) atoms. The molecule has 1 rings (SSSR count). The van der Waals surface area contributed by atoms with Crippen molar-refractivity contribution >= 4 is 5.97 Å². The van der Waals surface area contributed by atoms with Crippen LogP contribution in [0.3, 0.4) is 0 Å². The first kappa shape index (κ1) is 11.5. The normalized spacial score (nSPS) is 23.4. The minimum absolute atomic E-state index is 0.123. The maximum atomic E-state index is 11.3. The molecule has 0 aromatic rings. The molecular weight excluding hydrogens is 180 g/mol. The predicted molar refractivity (Wildman–Crippen MR) is 55.3 cm³/mol. The van der Waals surface area contributed by atoms with Crippen LogP contribution in [-0.2, 0) is 4.79 Å². The fourth-order valence-corrected chi connectivity index (χ4v) is 1.88. The summed E-state index contributed by atoms with van der Waals surface area (Å²) in [6, 6.07) is 0.